The second kappa shape index (κ2) is 9.47. The average molecular weight is 399 g/mol. The summed E-state index contributed by atoms with van der Waals surface area (Å²) in [5.41, 5.74) is 3.73. The Labute approximate surface area is 174 Å². The van der Waals surface area contributed by atoms with Crippen LogP contribution in [0.1, 0.15) is 27.0 Å². The van der Waals surface area contributed by atoms with Gasteiger partial charge in [-0.2, -0.15) is 5.10 Å². The van der Waals surface area contributed by atoms with E-state index < -0.39 is 0 Å². The minimum atomic E-state index is -0.125. The molecule has 2 aromatic heterocycles. The summed E-state index contributed by atoms with van der Waals surface area (Å²) in [5, 5.41) is 7.04. The van der Waals surface area contributed by atoms with E-state index in [2.05, 4.69) is 20.4 Å². The highest BCUT2D eigenvalue weighted by molar-refractivity contribution is 5.94. The zero-order valence-electron chi connectivity index (χ0n) is 16.3. The highest BCUT2D eigenvalue weighted by Gasteiger charge is 2.06. The molecule has 2 heterocycles. The molecule has 0 bridgehead atoms. The molecule has 0 aliphatic heterocycles. The van der Waals surface area contributed by atoms with E-state index in [1.54, 1.807) is 47.7 Å². The fourth-order valence-electron chi connectivity index (χ4n) is 2.90. The first kappa shape index (κ1) is 19.3. The molecule has 4 rings (SSSR count). The molecule has 0 saturated carbocycles. The van der Waals surface area contributed by atoms with E-state index in [1.165, 1.54) is 6.33 Å². The number of ether oxygens (including phenoxy) is 1. The van der Waals surface area contributed by atoms with Crippen molar-refractivity contribution in [1.29, 1.82) is 0 Å². The van der Waals surface area contributed by atoms with Crippen LogP contribution in [0.4, 0.5) is 0 Å². The number of hydrogen-bond acceptors (Lipinski definition) is 5. The van der Waals surface area contributed by atoms with Crippen LogP contribution in [0.25, 0.3) is 0 Å². The maximum Gasteiger partial charge on any atom is 0.251 e. The minimum absolute atomic E-state index is 0.125. The summed E-state index contributed by atoms with van der Waals surface area (Å²) in [5.74, 6) is 0.582. The molecule has 1 amide bonds. The smallest absolute Gasteiger partial charge is 0.251 e. The standard InChI is InChI=1S/C23H21N5O2/c29-23(21-7-9-22(10-8-21)30-15-20-2-1-11-24-12-20)26-13-18-3-5-19(6-4-18)14-28-17-25-16-27-28/h1-12,16-17H,13-15H2,(H,26,29). The molecular weight excluding hydrogens is 378 g/mol. The van der Waals surface area contributed by atoms with Crippen molar-refractivity contribution in [3.63, 3.8) is 0 Å². The molecular formula is C23H21N5O2. The molecule has 4 aromatic rings. The van der Waals surface area contributed by atoms with E-state index in [0.29, 0.717) is 31.0 Å². The number of nitrogens with one attached hydrogen (secondary N) is 1. The topological polar surface area (TPSA) is 81.9 Å². The van der Waals surface area contributed by atoms with Crippen molar-refractivity contribution in [3.05, 3.63) is 108 Å². The second-order valence-corrected chi connectivity index (χ2v) is 6.77. The Morgan fingerprint density at radius 1 is 0.933 bits per heavy atom. The largest absolute Gasteiger partial charge is 0.489 e. The van der Waals surface area contributed by atoms with Gasteiger partial charge in [0.15, 0.2) is 0 Å². The quantitative estimate of drug-likeness (QED) is 0.492. The third kappa shape index (κ3) is 5.29. The van der Waals surface area contributed by atoms with Gasteiger partial charge >= 0.3 is 0 Å². The highest BCUT2D eigenvalue weighted by Crippen LogP contribution is 2.14. The van der Waals surface area contributed by atoms with Crippen LogP contribution in [0.5, 0.6) is 5.75 Å². The zero-order valence-corrected chi connectivity index (χ0v) is 16.3. The van der Waals surface area contributed by atoms with Crippen molar-refractivity contribution in [2.24, 2.45) is 0 Å². The second-order valence-electron chi connectivity index (χ2n) is 6.77. The van der Waals surface area contributed by atoms with E-state index in [9.17, 15) is 4.79 Å². The number of aromatic nitrogens is 4. The number of nitrogens with zero attached hydrogens (tertiary/aromatic N) is 4. The maximum atomic E-state index is 12.4. The Morgan fingerprint density at radius 2 is 1.73 bits per heavy atom. The number of benzene rings is 2. The molecule has 0 aliphatic carbocycles. The lowest BCUT2D eigenvalue weighted by molar-refractivity contribution is 0.0951. The van der Waals surface area contributed by atoms with Gasteiger partial charge in [0.05, 0.1) is 6.54 Å². The van der Waals surface area contributed by atoms with Gasteiger partial charge in [0.25, 0.3) is 5.91 Å². The van der Waals surface area contributed by atoms with Crippen molar-refractivity contribution >= 4 is 5.91 Å². The molecule has 30 heavy (non-hydrogen) atoms. The Morgan fingerprint density at radius 3 is 2.43 bits per heavy atom. The van der Waals surface area contributed by atoms with Crippen molar-refractivity contribution in [2.45, 2.75) is 19.7 Å². The first-order valence-corrected chi connectivity index (χ1v) is 9.56. The van der Waals surface area contributed by atoms with Crippen LogP contribution < -0.4 is 10.1 Å². The lowest BCUT2D eigenvalue weighted by Crippen LogP contribution is -2.22. The molecule has 0 spiro atoms. The molecule has 0 unspecified atom stereocenters. The van der Waals surface area contributed by atoms with Gasteiger partial charge in [-0.15, -0.1) is 0 Å². The number of carbonyl (C=O) groups is 1. The normalized spacial score (nSPS) is 10.5. The van der Waals surface area contributed by atoms with E-state index in [1.807, 2.05) is 36.4 Å². The van der Waals surface area contributed by atoms with Gasteiger partial charge in [-0.25, -0.2) is 9.67 Å². The van der Waals surface area contributed by atoms with Gasteiger partial charge in [0.1, 0.15) is 25.0 Å². The molecule has 7 nitrogen and oxygen atoms in total. The predicted octanol–water partition coefficient (Wildman–Crippen LogP) is 3.23. The monoisotopic (exact) mass is 399 g/mol. The Kier molecular flexibility index (Phi) is 6.10. The van der Waals surface area contributed by atoms with E-state index >= 15 is 0 Å². The minimum Gasteiger partial charge on any atom is -0.489 e. The van der Waals surface area contributed by atoms with Crippen LogP contribution in [-0.2, 0) is 19.7 Å². The van der Waals surface area contributed by atoms with Gasteiger partial charge in [-0.3, -0.25) is 9.78 Å². The van der Waals surface area contributed by atoms with E-state index in [4.69, 9.17) is 4.74 Å². The van der Waals surface area contributed by atoms with Gasteiger partial charge in [0.2, 0.25) is 0 Å². The molecule has 0 radical (unpaired) electrons. The summed E-state index contributed by atoms with van der Waals surface area (Å²) < 4.78 is 7.49. The summed E-state index contributed by atoms with van der Waals surface area (Å²) >= 11 is 0. The SMILES string of the molecule is O=C(NCc1ccc(Cn2cncn2)cc1)c1ccc(OCc2cccnc2)cc1. The van der Waals surface area contributed by atoms with Crippen molar-refractivity contribution in [2.75, 3.05) is 0 Å². The van der Waals surface area contributed by atoms with Gasteiger partial charge in [0, 0.05) is 30.1 Å². The third-order valence-corrected chi connectivity index (χ3v) is 4.53. The Hall–Kier alpha value is -4.00. The maximum absolute atomic E-state index is 12.4. The number of pyridine rings is 1. The predicted molar refractivity (Wildman–Crippen MR) is 112 cm³/mol. The molecule has 7 heteroatoms. The third-order valence-electron chi connectivity index (χ3n) is 4.53. The van der Waals surface area contributed by atoms with Crippen molar-refractivity contribution in [3.8, 4) is 5.75 Å². The summed E-state index contributed by atoms with van der Waals surface area (Å²) in [6.07, 6.45) is 6.69. The van der Waals surface area contributed by atoms with Crippen LogP contribution in [-0.4, -0.2) is 25.7 Å². The fourth-order valence-corrected chi connectivity index (χ4v) is 2.90. The van der Waals surface area contributed by atoms with E-state index in [0.717, 1.165) is 16.7 Å². The lowest BCUT2D eigenvalue weighted by atomic mass is 10.1. The molecule has 150 valence electrons. The van der Waals surface area contributed by atoms with Crippen LogP contribution in [0, 0.1) is 0 Å². The number of hydrogen-bond donors (Lipinski definition) is 1. The lowest BCUT2D eigenvalue weighted by Gasteiger charge is -2.09. The molecule has 2 aromatic carbocycles. The van der Waals surface area contributed by atoms with Crippen molar-refractivity contribution in [1.82, 2.24) is 25.1 Å². The van der Waals surface area contributed by atoms with Gasteiger partial charge < -0.3 is 10.1 Å². The summed E-state index contributed by atoms with van der Waals surface area (Å²) in [7, 11) is 0. The van der Waals surface area contributed by atoms with Gasteiger partial charge in [-0.1, -0.05) is 30.3 Å². The highest BCUT2D eigenvalue weighted by atomic mass is 16.5. The van der Waals surface area contributed by atoms with Crippen molar-refractivity contribution < 1.29 is 9.53 Å². The van der Waals surface area contributed by atoms with Crippen LogP contribution in [0.2, 0.25) is 0 Å². The first-order valence-electron chi connectivity index (χ1n) is 9.56. The average Bonchev–Trinajstić information content (AvgIpc) is 3.31. The molecule has 0 fully saturated rings. The Balaban J connectivity index is 1.26. The molecule has 0 saturated heterocycles. The van der Waals surface area contributed by atoms with E-state index in [-0.39, 0.29) is 5.91 Å². The molecule has 0 atom stereocenters. The number of amides is 1. The Bertz CT molecular complexity index is 1060. The zero-order chi connectivity index (χ0) is 20.6. The first-order chi connectivity index (χ1) is 14.8. The van der Waals surface area contributed by atoms with Crippen LogP contribution >= 0.6 is 0 Å². The van der Waals surface area contributed by atoms with Gasteiger partial charge in [-0.05, 0) is 41.5 Å². The fraction of sp³-hybridized carbons (Fsp3) is 0.130. The number of carbonyl (C=O) groups excluding carboxylic acids is 1. The summed E-state index contributed by atoms with van der Waals surface area (Å²) in [4.78, 5) is 20.4. The molecule has 1 N–H and O–H groups in total. The molecule has 0 aliphatic rings. The summed E-state index contributed by atoms with van der Waals surface area (Å²) in [6, 6.07) is 19.0. The number of rotatable bonds is 8. The van der Waals surface area contributed by atoms with Crippen LogP contribution in [0.3, 0.4) is 0 Å². The van der Waals surface area contributed by atoms with Crippen LogP contribution in [0.15, 0.2) is 85.7 Å². The summed E-state index contributed by atoms with van der Waals surface area (Å²) in [6.45, 7) is 1.57.